The smallest absolute Gasteiger partial charge is 0.153 e. The van der Waals surface area contributed by atoms with Crippen LogP contribution >= 0.6 is 15.9 Å². The molecule has 2 aromatic rings. The molecule has 0 radical (unpaired) electrons. The zero-order valence-electron chi connectivity index (χ0n) is 12.2. The molecule has 0 aromatic heterocycles. The zero-order valence-corrected chi connectivity index (χ0v) is 13.8. The van der Waals surface area contributed by atoms with Crippen LogP contribution in [-0.2, 0) is 0 Å². The predicted molar refractivity (Wildman–Crippen MR) is 87.9 cm³/mol. The molecule has 2 aliphatic rings. The van der Waals surface area contributed by atoms with E-state index < -0.39 is 5.82 Å². The third-order valence-electron chi connectivity index (χ3n) is 4.52. The van der Waals surface area contributed by atoms with Gasteiger partial charge in [-0.15, -0.1) is 0 Å². The largest absolute Gasteiger partial charge is 0.455 e. The van der Waals surface area contributed by atoms with E-state index in [4.69, 9.17) is 10.5 Å². The van der Waals surface area contributed by atoms with Crippen LogP contribution in [0.3, 0.4) is 0 Å². The van der Waals surface area contributed by atoms with Gasteiger partial charge in [-0.3, -0.25) is 0 Å². The Balaban J connectivity index is 1.98. The Morgan fingerprint density at radius 3 is 2.83 bits per heavy atom. The maximum atomic E-state index is 14.5. The predicted octanol–water partition coefficient (Wildman–Crippen LogP) is 4.50. The van der Waals surface area contributed by atoms with Crippen LogP contribution in [0, 0.1) is 11.6 Å². The minimum Gasteiger partial charge on any atom is -0.455 e. The number of hydrogen-bond acceptors (Lipinski definition) is 3. The minimum atomic E-state index is -0.415. The summed E-state index contributed by atoms with van der Waals surface area (Å²) in [5.41, 5.74) is 7.50. The van der Waals surface area contributed by atoms with E-state index in [1.165, 1.54) is 12.1 Å². The molecule has 3 nitrogen and oxygen atoms in total. The third-order valence-corrected chi connectivity index (χ3v) is 5.13. The van der Waals surface area contributed by atoms with E-state index >= 15 is 0 Å². The summed E-state index contributed by atoms with van der Waals surface area (Å²) in [7, 11) is 0. The number of piperidine rings is 1. The molecule has 2 atom stereocenters. The second-order valence-electron chi connectivity index (χ2n) is 5.93. The molecular weight excluding hydrogens is 366 g/mol. The van der Waals surface area contributed by atoms with Crippen LogP contribution in [0.1, 0.15) is 24.4 Å². The van der Waals surface area contributed by atoms with Gasteiger partial charge in [-0.2, -0.15) is 0 Å². The molecule has 1 fully saturated rings. The number of nitrogens with zero attached hydrogens (tertiary/aromatic N) is 1. The molecule has 120 valence electrons. The molecule has 6 heteroatoms. The maximum Gasteiger partial charge on any atom is 0.153 e. The fourth-order valence-corrected chi connectivity index (χ4v) is 3.83. The van der Waals surface area contributed by atoms with Gasteiger partial charge in [0.2, 0.25) is 0 Å². The van der Waals surface area contributed by atoms with Crippen molar-refractivity contribution < 1.29 is 13.5 Å². The van der Waals surface area contributed by atoms with Crippen LogP contribution in [-0.4, -0.2) is 12.6 Å². The molecular formula is C17H15BrF2N2O. The molecule has 2 aromatic carbocycles. The van der Waals surface area contributed by atoms with Gasteiger partial charge in [0.25, 0.3) is 0 Å². The average Bonchev–Trinajstić information content (AvgIpc) is 2.65. The first-order valence-electron chi connectivity index (χ1n) is 7.54. The second-order valence-corrected chi connectivity index (χ2v) is 6.79. The van der Waals surface area contributed by atoms with Crippen molar-refractivity contribution in [1.29, 1.82) is 0 Å². The van der Waals surface area contributed by atoms with Gasteiger partial charge in [0.1, 0.15) is 17.4 Å². The van der Waals surface area contributed by atoms with Crippen LogP contribution in [0.2, 0.25) is 0 Å². The van der Waals surface area contributed by atoms with Gasteiger partial charge in [0, 0.05) is 18.7 Å². The molecule has 0 aliphatic carbocycles. The molecule has 23 heavy (non-hydrogen) atoms. The number of nitrogens with two attached hydrogens (primary N) is 1. The van der Waals surface area contributed by atoms with Crippen LogP contribution in [0.4, 0.5) is 14.5 Å². The SMILES string of the molecule is N[C@@H]1CCCN2c3cc(Br)c(F)cc3Oc3cccc(F)c3[C@H]12. The first kappa shape index (κ1) is 14.9. The van der Waals surface area contributed by atoms with Crippen molar-refractivity contribution in [2.75, 3.05) is 11.4 Å². The van der Waals surface area contributed by atoms with Crippen LogP contribution in [0.25, 0.3) is 0 Å². The molecule has 0 spiro atoms. The van der Waals surface area contributed by atoms with E-state index in [9.17, 15) is 8.78 Å². The fourth-order valence-electron chi connectivity index (χ4n) is 3.50. The van der Waals surface area contributed by atoms with E-state index in [1.54, 1.807) is 18.2 Å². The number of ether oxygens (including phenoxy) is 1. The number of fused-ring (bicyclic) bond motifs is 5. The van der Waals surface area contributed by atoms with Gasteiger partial charge in [0.15, 0.2) is 5.75 Å². The molecule has 4 rings (SSSR count). The molecule has 0 saturated carbocycles. The summed E-state index contributed by atoms with van der Waals surface area (Å²) in [6, 6.07) is 7.18. The van der Waals surface area contributed by atoms with Crippen molar-refractivity contribution >= 4 is 21.6 Å². The lowest BCUT2D eigenvalue weighted by molar-refractivity contribution is 0.395. The first-order chi connectivity index (χ1) is 11.1. The molecule has 2 heterocycles. The van der Waals surface area contributed by atoms with Crippen molar-refractivity contribution in [1.82, 2.24) is 0 Å². The lowest BCUT2D eigenvalue weighted by atomic mass is 9.90. The Bertz CT molecular complexity index is 783. The summed E-state index contributed by atoms with van der Waals surface area (Å²) < 4.78 is 34.7. The van der Waals surface area contributed by atoms with Crippen molar-refractivity contribution in [2.24, 2.45) is 5.73 Å². The van der Waals surface area contributed by atoms with Gasteiger partial charge in [-0.05, 0) is 47.0 Å². The van der Waals surface area contributed by atoms with E-state index in [0.29, 0.717) is 21.5 Å². The Hall–Kier alpha value is -1.66. The third kappa shape index (κ3) is 2.32. The van der Waals surface area contributed by atoms with Crippen molar-refractivity contribution in [3.05, 3.63) is 52.0 Å². The van der Waals surface area contributed by atoms with Gasteiger partial charge in [0.05, 0.1) is 21.8 Å². The summed E-state index contributed by atoms with van der Waals surface area (Å²) in [5, 5.41) is 0. The zero-order chi connectivity index (χ0) is 16.1. The molecule has 0 unspecified atom stereocenters. The summed E-state index contributed by atoms with van der Waals surface area (Å²) in [4.78, 5) is 2.03. The summed E-state index contributed by atoms with van der Waals surface area (Å²) >= 11 is 3.22. The van der Waals surface area contributed by atoms with Crippen molar-refractivity contribution in [3.8, 4) is 11.5 Å². The summed E-state index contributed by atoms with van der Waals surface area (Å²) in [6.07, 6.45) is 1.71. The van der Waals surface area contributed by atoms with Crippen molar-refractivity contribution in [2.45, 2.75) is 24.9 Å². The van der Waals surface area contributed by atoms with E-state index in [0.717, 1.165) is 25.1 Å². The highest BCUT2D eigenvalue weighted by Gasteiger charge is 2.38. The normalized spacial score (nSPS) is 22.5. The van der Waals surface area contributed by atoms with Gasteiger partial charge in [-0.1, -0.05) is 6.07 Å². The number of halogens is 3. The number of hydrogen-bond donors (Lipinski definition) is 1. The number of anilines is 1. The molecule has 2 N–H and O–H groups in total. The highest BCUT2D eigenvalue weighted by Crippen LogP contribution is 2.49. The van der Waals surface area contributed by atoms with E-state index in [-0.39, 0.29) is 17.9 Å². The minimum absolute atomic E-state index is 0.210. The summed E-state index contributed by atoms with van der Waals surface area (Å²) in [6.45, 7) is 0.723. The Kier molecular flexibility index (Phi) is 3.54. The van der Waals surface area contributed by atoms with E-state index in [2.05, 4.69) is 15.9 Å². The maximum absolute atomic E-state index is 14.5. The van der Waals surface area contributed by atoms with Crippen molar-refractivity contribution in [3.63, 3.8) is 0 Å². The van der Waals surface area contributed by atoms with Gasteiger partial charge in [-0.25, -0.2) is 8.78 Å². The molecule has 0 amide bonds. The highest BCUT2D eigenvalue weighted by atomic mass is 79.9. The van der Waals surface area contributed by atoms with Crippen LogP contribution in [0.15, 0.2) is 34.8 Å². The number of rotatable bonds is 0. The Morgan fingerprint density at radius 1 is 1.17 bits per heavy atom. The lowest BCUT2D eigenvalue weighted by Crippen LogP contribution is -2.46. The monoisotopic (exact) mass is 380 g/mol. The fraction of sp³-hybridized carbons (Fsp3) is 0.294. The molecule has 0 bridgehead atoms. The number of benzene rings is 2. The van der Waals surface area contributed by atoms with E-state index in [1.807, 2.05) is 4.90 Å². The average molecular weight is 381 g/mol. The lowest BCUT2D eigenvalue weighted by Gasteiger charge is -2.40. The second kappa shape index (κ2) is 5.46. The first-order valence-corrected chi connectivity index (χ1v) is 8.33. The standard InChI is InChI=1S/C17H15BrF2N2O/c18-9-7-13-15(8-11(9)20)23-14-5-1-3-10(19)16(14)17-12(21)4-2-6-22(13)17/h1,3,5,7-8,12,17H,2,4,6,21H2/t12-,17+/m1/s1. The Morgan fingerprint density at radius 2 is 2.00 bits per heavy atom. The van der Waals surface area contributed by atoms with Crippen LogP contribution < -0.4 is 15.4 Å². The molecule has 1 saturated heterocycles. The topological polar surface area (TPSA) is 38.5 Å². The van der Waals surface area contributed by atoms with Crippen LogP contribution in [0.5, 0.6) is 11.5 Å². The van der Waals surface area contributed by atoms with Gasteiger partial charge >= 0.3 is 0 Å². The molecule has 2 aliphatic heterocycles. The highest BCUT2D eigenvalue weighted by molar-refractivity contribution is 9.10. The Labute approximate surface area is 141 Å². The summed E-state index contributed by atoms with van der Waals surface area (Å²) in [5.74, 6) is 0.0237. The quantitative estimate of drug-likeness (QED) is 0.730. The van der Waals surface area contributed by atoms with Gasteiger partial charge < -0.3 is 15.4 Å².